The monoisotopic (exact) mass is 439 g/mol. The van der Waals surface area contributed by atoms with Gasteiger partial charge in [-0.15, -0.1) is 11.3 Å². The number of benzene rings is 1. The first-order valence-electron chi connectivity index (χ1n) is 10.6. The van der Waals surface area contributed by atoms with Crippen LogP contribution in [0, 0.1) is 6.92 Å². The van der Waals surface area contributed by atoms with E-state index in [0.717, 1.165) is 52.5 Å². The second kappa shape index (κ2) is 9.34. The van der Waals surface area contributed by atoms with Gasteiger partial charge in [-0.05, 0) is 43.1 Å². The van der Waals surface area contributed by atoms with Crippen molar-refractivity contribution >= 4 is 27.5 Å². The number of pyridine rings is 1. The number of nitrogens with zero attached hydrogens (tertiary/aromatic N) is 3. The minimum absolute atomic E-state index is 0.0364. The summed E-state index contributed by atoms with van der Waals surface area (Å²) < 4.78 is 5.59. The minimum atomic E-state index is -0.0453. The van der Waals surface area contributed by atoms with Crippen LogP contribution in [0.2, 0.25) is 0 Å². The first-order valence-corrected chi connectivity index (χ1v) is 11.4. The lowest BCUT2D eigenvalue weighted by Crippen LogP contribution is -2.29. The summed E-state index contributed by atoms with van der Waals surface area (Å²) >= 11 is 1.46. The Labute approximate surface area is 187 Å². The molecule has 1 aliphatic heterocycles. The maximum atomic E-state index is 13.1. The molecule has 2 aromatic heterocycles. The summed E-state index contributed by atoms with van der Waals surface area (Å²) in [7, 11) is 3.46. The van der Waals surface area contributed by atoms with Gasteiger partial charge in [0.15, 0.2) is 0 Å². The summed E-state index contributed by atoms with van der Waals surface area (Å²) in [5.41, 5.74) is 3.48. The SMILES string of the molecule is COc1cc(C)ccc1CN1CCC(c2c(C(=O)N(C)CCO)sc3ncccc23)C1. The van der Waals surface area contributed by atoms with Crippen molar-refractivity contribution < 1.29 is 14.6 Å². The zero-order valence-electron chi connectivity index (χ0n) is 18.3. The van der Waals surface area contributed by atoms with Gasteiger partial charge in [0, 0.05) is 49.7 Å². The summed E-state index contributed by atoms with van der Waals surface area (Å²) in [5, 5.41) is 10.3. The van der Waals surface area contributed by atoms with Gasteiger partial charge in [0.05, 0.1) is 18.6 Å². The van der Waals surface area contributed by atoms with Crippen LogP contribution in [0.1, 0.15) is 38.7 Å². The number of likely N-dealkylation sites (N-methyl/N-ethyl adjacent to an activating group) is 1. The van der Waals surface area contributed by atoms with Crippen molar-refractivity contribution in [3.63, 3.8) is 0 Å². The van der Waals surface area contributed by atoms with E-state index in [0.29, 0.717) is 6.54 Å². The Morgan fingerprint density at radius 2 is 2.23 bits per heavy atom. The maximum absolute atomic E-state index is 13.1. The van der Waals surface area contributed by atoms with E-state index in [1.165, 1.54) is 22.5 Å². The number of ether oxygens (including phenoxy) is 1. The van der Waals surface area contributed by atoms with Crippen LogP contribution in [-0.4, -0.2) is 66.2 Å². The van der Waals surface area contributed by atoms with Crippen molar-refractivity contribution in [1.82, 2.24) is 14.8 Å². The minimum Gasteiger partial charge on any atom is -0.496 e. The number of aromatic nitrogens is 1. The molecule has 31 heavy (non-hydrogen) atoms. The molecule has 1 atom stereocenters. The maximum Gasteiger partial charge on any atom is 0.264 e. The van der Waals surface area contributed by atoms with Gasteiger partial charge in [-0.2, -0.15) is 0 Å². The molecule has 1 saturated heterocycles. The molecule has 0 saturated carbocycles. The standard InChI is InChI=1S/C24H29N3O3S/c1-16-6-7-17(20(13-16)30-3)14-27-10-8-18(15-27)21-19-5-4-9-25-23(19)31-22(21)24(29)26(2)11-12-28/h4-7,9,13,18,28H,8,10-12,14-15H2,1-3H3. The lowest BCUT2D eigenvalue weighted by molar-refractivity contribution is 0.0770. The first kappa shape index (κ1) is 21.7. The number of methoxy groups -OCH3 is 1. The van der Waals surface area contributed by atoms with Crippen molar-refractivity contribution in [3.05, 3.63) is 58.1 Å². The molecule has 0 spiro atoms. The number of fused-ring (bicyclic) bond motifs is 1. The number of hydrogen-bond donors (Lipinski definition) is 1. The highest BCUT2D eigenvalue weighted by molar-refractivity contribution is 7.20. The van der Waals surface area contributed by atoms with Gasteiger partial charge in [-0.3, -0.25) is 9.69 Å². The van der Waals surface area contributed by atoms with E-state index in [1.54, 1.807) is 25.3 Å². The van der Waals surface area contributed by atoms with Crippen LogP contribution >= 0.6 is 11.3 Å². The molecule has 3 aromatic rings. The second-order valence-electron chi connectivity index (χ2n) is 8.19. The lowest BCUT2D eigenvalue weighted by atomic mass is 9.95. The molecule has 1 N–H and O–H groups in total. The quantitative estimate of drug-likeness (QED) is 0.609. The molecule has 0 bridgehead atoms. The molecule has 0 aliphatic carbocycles. The molecule has 3 heterocycles. The third-order valence-corrected chi connectivity index (χ3v) is 7.12. The van der Waals surface area contributed by atoms with Crippen molar-refractivity contribution in [1.29, 1.82) is 0 Å². The molecule has 1 unspecified atom stereocenters. The highest BCUT2D eigenvalue weighted by Crippen LogP contribution is 2.40. The Kier molecular flexibility index (Phi) is 6.55. The fraction of sp³-hybridized carbons (Fsp3) is 0.417. The number of carbonyl (C=O) groups is 1. The molecule has 4 rings (SSSR count). The number of thiophene rings is 1. The Morgan fingerprint density at radius 1 is 1.39 bits per heavy atom. The van der Waals surface area contributed by atoms with E-state index in [1.807, 2.05) is 6.07 Å². The highest BCUT2D eigenvalue weighted by atomic mass is 32.1. The third-order valence-electron chi connectivity index (χ3n) is 6.00. The molecule has 7 heteroatoms. The predicted octanol–water partition coefficient (Wildman–Crippen LogP) is 3.67. The molecular weight excluding hydrogens is 410 g/mol. The van der Waals surface area contributed by atoms with Crippen LogP contribution in [0.3, 0.4) is 0 Å². The molecule has 6 nitrogen and oxygen atoms in total. The van der Waals surface area contributed by atoms with Gasteiger partial charge in [0.25, 0.3) is 5.91 Å². The Balaban J connectivity index is 1.61. The van der Waals surface area contributed by atoms with Gasteiger partial charge in [-0.25, -0.2) is 4.98 Å². The number of rotatable bonds is 7. The molecule has 1 fully saturated rings. The van der Waals surface area contributed by atoms with Crippen molar-refractivity contribution in [2.24, 2.45) is 0 Å². The van der Waals surface area contributed by atoms with E-state index in [9.17, 15) is 9.90 Å². The zero-order chi connectivity index (χ0) is 22.0. The Bertz CT molecular complexity index is 1080. The number of carbonyl (C=O) groups excluding carboxylic acids is 1. The summed E-state index contributed by atoms with van der Waals surface area (Å²) in [6.45, 7) is 5.04. The van der Waals surface area contributed by atoms with Crippen molar-refractivity contribution in [3.8, 4) is 5.75 Å². The second-order valence-corrected chi connectivity index (χ2v) is 9.19. The van der Waals surface area contributed by atoms with Gasteiger partial charge >= 0.3 is 0 Å². The van der Waals surface area contributed by atoms with E-state index < -0.39 is 0 Å². The number of aliphatic hydroxyl groups excluding tert-OH is 1. The average Bonchev–Trinajstić information content (AvgIpc) is 3.38. The molecule has 0 radical (unpaired) electrons. The number of amides is 1. The van der Waals surface area contributed by atoms with Crippen LogP contribution in [0.5, 0.6) is 5.75 Å². The number of hydrogen-bond acceptors (Lipinski definition) is 6. The Hall–Kier alpha value is -2.48. The van der Waals surface area contributed by atoms with Gasteiger partial charge in [-0.1, -0.05) is 18.2 Å². The van der Waals surface area contributed by atoms with E-state index in [4.69, 9.17) is 4.74 Å². The van der Waals surface area contributed by atoms with Gasteiger partial charge in [0.1, 0.15) is 10.6 Å². The predicted molar refractivity (Wildman–Crippen MR) is 124 cm³/mol. The molecule has 1 aromatic carbocycles. The van der Waals surface area contributed by atoms with Crippen molar-refractivity contribution in [2.45, 2.75) is 25.8 Å². The third kappa shape index (κ3) is 4.44. The topological polar surface area (TPSA) is 65.9 Å². The molecule has 164 valence electrons. The van der Waals surface area contributed by atoms with Crippen LogP contribution in [0.25, 0.3) is 10.2 Å². The Morgan fingerprint density at radius 3 is 3.00 bits per heavy atom. The van der Waals surface area contributed by atoms with Gasteiger partial charge in [0.2, 0.25) is 0 Å². The molecular formula is C24H29N3O3S. The van der Waals surface area contributed by atoms with E-state index in [2.05, 4.69) is 41.1 Å². The zero-order valence-corrected chi connectivity index (χ0v) is 19.1. The summed E-state index contributed by atoms with van der Waals surface area (Å²) in [4.78, 5) is 23.3. The smallest absolute Gasteiger partial charge is 0.264 e. The molecule has 1 amide bonds. The fourth-order valence-electron chi connectivity index (χ4n) is 4.38. The van der Waals surface area contributed by atoms with Crippen LogP contribution in [0.15, 0.2) is 36.5 Å². The average molecular weight is 440 g/mol. The van der Waals surface area contributed by atoms with Crippen LogP contribution in [0.4, 0.5) is 0 Å². The summed E-state index contributed by atoms with van der Waals surface area (Å²) in [5.74, 6) is 1.16. The largest absolute Gasteiger partial charge is 0.496 e. The number of aliphatic hydroxyl groups is 1. The summed E-state index contributed by atoms with van der Waals surface area (Å²) in [6, 6.07) is 10.4. The fourth-order valence-corrected chi connectivity index (χ4v) is 5.60. The first-order chi connectivity index (χ1) is 15.0. The van der Waals surface area contributed by atoms with E-state index >= 15 is 0 Å². The number of likely N-dealkylation sites (tertiary alicyclic amines) is 1. The highest BCUT2D eigenvalue weighted by Gasteiger charge is 2.32. The van der Waals surface area contributed by atoms with Gasteiger partial charge < -0.3 is 14.7 Å². The molecule has 1 aliphatic rings. The lowest BCUT2D eigenvalue weighted by Gasteiger charge is -2.20. The van der Waals surface area contributed by atoms with Crippen LogP contribution < -0.4 is 4.74 Å². The van der Waals surface area contributed by atoms with Crippen LogP contribution in [-0.2, 0) is 6.54 Å². The normalized spacial score (nSPS) is 16.7. The summed E-state index contributed by atoms with van der Waals surface area (Å²) in [6.07, 6.45) is 2.78. The van der Waals surface area contributed by atoms with E-state index in [-0.39, 0.29) is 18.4 Å². The van der Waals surface area contributed by atoms with Crippen molar-refractivity contribution in [2.75, 3.05) is 40.4 Å². The number of aryl methyl sites for hydroxylation is 1.